The number of amides is 2. The molecule has 9 heteroatoms. The Kier molecular flexibility index (Phi) is 4.57. The molecule has 2 aromatic rings. The number of hydrogen-bond acceptors (Lipinski definition) is 6. The number of benzene rings is 1. The van der Waals surface area contributed by atoms with Gasteiger partial charge in [0.05, 0.1) is 19.1 Å². The summed E-state index contributed by atoms with van der Waals surface area (Å²) in [6.07, 6.45) is 0. The molecule has 118 valence electrons. The minimum absolute atomic E-state index is 0.0989. The van der Waals surface area contributed by atoms with Crippen molar-refractivity contribution in [2.24, 2.45) is 5.73 Å². The third-order valence-corrected chi connectivity index (χ3v) is 5.41. The molecule has 0 saturated heterocycles. The van der Waals surface area contributed by atoms with Gasteiger partial charge in [-0.25, -0.2) is 17.9 Å². The molecule has 2 amide bonds. The second-order valence-electron chi connectivity index (χ2n) is 4.12. The molecular weight excluding hydrogens is 328 g/mol. The highest BCUT2D eigenvalue weighted by molar-refractivity contribution is 7.90. The van der Waals surface area contributed by atoms with E-state index in [1.54, 1.807) is 4.72 Å². The predicted octanol–water partition coefficient (Wildman–Crippen LogP) is 1.79. The quantitative estimate of drug-likeness (QED) is 0.861. The minimum Gasteiger partial charge on any atom is -0.494 e. The van der Waals surface area contributed by atoms with Gasteiger partial charge in [-0.15, -0.1) is 0 Å². The monoisotopic (exact) mass is 342 g/mol. The summed E-state index contributed by atoms with van der Waals surface area (Å²) >= 11 is 1.10. The van der Waals surface area contributed by atoms with E-state index >= 15 is 0 Å². The fourth-order valence-electron chi connectivity index (χ4n) is 1.90. The molecule has 1 heterocycles. The lowest BCUT2D eigenvalue weighted by Gasteiger charge is -2.08. The van der Waals surface area contributed by atoms with E-state index < -0.39 is 16.1 Å². The number of methoxy groups -OCH3 is 2. The number of primary amides is 1. The maximum absolute atomic E-state index is 12.3. The Morgan fingerprint density at radius 2 is 1.82 bits per heavy atom. The van der Waals surface area contributed by atoms with Crippen LogP contribution < -0.4 is 19.9 Å². The van der Waals surface area contributed by atoms with Gasteiger partial charge in [-0.05, 0) is 5.56 Å². The van der Waals surface area contributed by atoms with Gasteiger partial charge in [0.1, 0.15) is 0 Å². The van der Waals surface area contributed by atoms with Crippen molar-refractivity contribution in [1.29, 1.82) is 0 Å². The first-order valence-electron chi connectivity index (χ1n) is 6.03. The molecule has 0 fully saturated rings. The number of nitrogens with one attached hydrogen (secondary N) is 1. The highest BCUT2D eigenvalue weighted by Gasteiger charge is 2.32. The number of carbonyl (C=O) groups is 1. The summed E-state index contributed by atoms with van der Waals surface area (Å²) in [4.78, 5) is 11.2. The molecule has 0 radical (unpaired) electrons. The van der Waals surface area contributed by atoms with Gasteiger partial charge in [0.2, 0.25) is 0 Å². The molecule has 0 saturated carbocycles. The molecule has 0 bridgehead atoms. The van der Waals surface area contributed by atoms with E-state index in [-0.39, 0.29) is 15.7 Å². The summed E-state index contributed by atoms with van der Waals surface area (Å²) in [6, 6.07) is 7.91. The van der Waals surface area contributed by atoms with Crippen molar-refractivity contribution >= 4 is 27.4 Å². The van der Waals surface area contributed by atoms with Gasteiger partial charge < -0.3 is 15.2 Å². The average molecular weight is 342 g/mol. The zero-order valence-corrected chi connectivity index (χ0v) is 13.5. The van der Waals surface area contributed by atoms with Crippen LogP contribution in [-0.2, 0) is 10.0 Å². The van der Waals surface area contributed by atoms with E-state index in [0.29, 0.717) is 4.88 Å². The average Bonchev–Trinajstić information content (AvgIpc) is 2.86. The summed E-state index contributed by atoms with van der Waals surface area (Å²) in [5.74, 6) is 0.0989. The number of hydrogen-bond donors (Lipinski definition) is 2. The topological polar surface area (TPSA) is 108 Å². The fraction of sp³-hybridized carbons (Fsp3) is 0.154. The summed E-state index contributed by atoms with van der Waals surface area (Å²) in [5.41, 5.74) is 5.68. The Balaban J connectivity index is 2.69. The highest BCUT2D eigenvalue weighted by atomic mass is 32.2. The Hall–Kier alpha value is -2.26. The van der Waals surface area contributed by atoms with Gasteiger partial charge in [0.15, 0.2) is 15.7 Å². The minimum atomic E-state index is -4.20. The molecule has 22 heavy (non-hydrogen) atoms. The largest absolute Gasteiger partial charge is 0.494 e. The van der Waals surface area contributed by atoms with Crippen LogP contribution in [0.3, 0.4) is 0 Å². The van der Waals surface area contributed by atoms with Crippen LogP contribution in [0.15, 0.2) is 35.2 Å². The molecule has 7 nitrogen and oxygen atoms in total. The number of thiophene rings is 1. The molecule has 0 aliphatic heterocycles. The maximum atomic E-state index is 12.3. The van der Waals surface area contributed by atoms with E-state index in [9.17, 15) is 13.2 Å². The first kappa shape index (κ1) is 16.1. The number of ether oxygens (including phenoxy) is 2. The van der Waals surface area contributed by atoms with Crippen molar-refractivity contribution in [2.45, 2.75) is 4.90 Å². The van der Waals surface area contributed by atoms with Gasteiger partial charge >= 0.3 is 6.03 Å². The van der Waals surface area contributed by atoms with Gasteiger partial charge in [-0.2, -0.15) is 0 Å². The van der Waals surface area contributed by atoms with Crippen molar-refractivity contribution in [2.75, 3.05) is 14.2 Å². The molecular formula is C13H14N2O5S2. The summed E-state index contributed by atoms with van der Waals surface area (Å²) in [5, 5.41) is 0.101. The molecule has 3 N–H and O–H groups in total. The zero-order chi connectivity index (χ0) is 16.3. The second kappa shape index (κ2) is 6.24. The Morgan fingerprint density at radius 1 is 1.18 bits per heavy atom. The van der Waals surface area contributed by atoms with Crippen LogP contribution in [0, 0.1) is 0 Å². The van der Waals surface area contributed by atoms with Crippen molar-refractivity contribution in [3.8, 4) is 21.3 Å². The van der Waals surface area contributed by atoms with Crippen molar-refractivity contribution in [1.82, 2.24) is 4.72 Å². The lowest BCUT2D eigenvalue weighted by Crippen LogP contribution is -2.35. The Morgan fingerprint density at radius 3 is 2.32 bits per heavy atom. The number of urea groups is 1. The molecule has 0 aliphatic rings. The Bertz CT molecular complexity index is 784. The summed E-state index contributed by atoms with van der Waals surface area (Å²) in [6.45, 7) is 0. The van der Waals surface area contributed by atoms with Gasteiger partial charge in [0, 0.05) is 0 Å². The number of carbonyl (C=O) groups excluding carboxylic acids is 1. The van der Waals surface area contributed by atoms with Crippen molar-refractivity contribution in [3.63, 3.8) is 0 Å². The summed E-state index contributed by atoms with van der Waals surface area (Å²) in [7, 11) is -1.52. The predicted molar refractivity (Wildman–Crippen MR) is 82.8 cm³/mol. The smallest absolute Gasteiger partial charge is 0.326 e. The first-order chi connectivity index (χ1) is 10.4. The number of nitrogens with two attached hydrogens (primary N) is 1. The molecule has 0 unspecified atom stereocenters. The molecule has 0 atom stereocenters. The normalized spacial score (nSPS) is 11.0. The van der Waals surface area contributed by atoms with E-state index in [1.165, 1.54) is 14.2 Å². The van der Waals surface area contributed by atoms with Crippen LogP contribution in [0.25, 0.3) is 10.4 Å². The summed E-state index contributed by atoms with van der Waals surface area (Å²) < 4.78 is 36.6. The fourth-order valence-corrected chi connectivity index (χ4v) is 4.50. The first-order valence-corrected chi connectivity index (χ1v) is 8.33. The van der Waals surface area contributed by atoms with Crippen LogP contribution in [-0.4, -0.2) is 28.7 Å². The van der Waals surface area contributed by atoms with Gasteiger partial charge in [0.25, 0.3) is 10.0 Å². The lowest BCUT2D eigenvalue weighted by atomic mass is 10.2. The lowest BCUT2D eigenvalue weighted by molar-refractivity contribution is 0.253. The van der Waals surface area contributed by atoms with Gasteiger partial charge in [-0.3, -0.25) is 0 Å². The highest BCUT2D eigenvalue weighted by Crippen LogP contribution is 2.49. The van der Waals surface area contributed by atoms with Crippen LogP contribution in [0.4, 0.5) is 4.79 Å². The van der Waals surface area contributed by atoms with Crippen molar-refractivity contribution < 1.29 is 22.7 Å². The van der Waals surface area contributed by atoms with Crippen molar-refractivity contribution in [3.05, 3.63) is 30.3 Å². The standard InChI is InChI=1S/C13H14N2O5S2/c1-19-9-10(8-6-4-3-5-7-8)21-12(20-2)11(9)22(17,18)15-13(14)16/h3-7H,1-2H3,(H3,14,15,16). The van der Waals surface area contributed by atoms with Gasteiger partial charge in [-0.1, -0.05) is 41.7 Å². The van der Waals surface area contributed by atoms with E-state index in [1.807, 2.05) is 30.3 Å². The van der Waals surface area contributed by atoms with Crippen LogP contribution >= 0.6 is 11.3 Å². The zero-order valence-electron chi connectivity index (χ0n) is 11.8. The maximum Gasteiger partial charge on any atom is 0.326 e. The third kappa shape index (κ3) is 3.00. The van der Waals surface area contributed by atoms with E-state index in [0.717, 1.165) is 16.9 Å². The third-order valence-electron chi connectivity index (χ3n) is 2.72. The number of sulfonamides is 1. The van der Waals surface area contributed by atoms with E-state index in [2.05, 4.69) is 0 Å². The van der Waals surface area contributed by atoms with Crippen LogP contribution in [0.2, 0.25) is 0 Å². The molecule has 0 aliphatic carbocycles. The van der Waals surface area contributed by atoms with E-state index in [4.69, 9.17) is 15.2 Å². The second-order valence-corrected chi connectivity index (χ2v) is 6.72. The SMILES string of the molecule is COc1sc(-c2ccccc2)c(OC)c1S(=O)(=O)NC(N)=O. The van der Waals surface area contributed by atoms with Crippen LogP contribution in [0.1, 0.15) is 0 Å². The van der Waals surface area contributed by atoms with Crippen LogP contribution in [0.5, 0.6) is 10.8 Å². The Labute approximate surface area is 131 Å². The molecule has 0 spiro atoms. The molecule has 1 aromatic heterocycles. The molecule has 1 aromatic carbocycles. The molecule has 2 rings (SSSR count). The number of rotatable bonds is 5.